The van der Waals surface area contributed by atoms with Crippen molar-refractivity contribution in [1.29, 1.82) is 0 Å². The quantitative estimate of drug-likeness (QED) is 0.518. The van der Waals surface area contributed by atoms with Crippen molar-refractivity contribution in [3.05, 3.63) is 60.7 Å². The van der Waals surface area contributed by atoms with Crippen LogP contribution in [0.5, 0.6) is 11.5 Å². The summed E-state index contributed by atoms with van der Waals surface area (Å²) in [6, 6.07) is 18.0. The van der Waals surface area contributed by atoms with E-state index in [1.165, 1.54) is 0 Å². The maximum atomic E-state index is 13.1. The first-order valence-electron chi connectivity index (χ1n) is 7.09. The van der Waals surface area contributed by atoms with Gasteiger partial charge in [0.1, 0.15) is 11.5 Å². The molecule has 6 heteroatoms. The molecule has 2 rings (SSSR count). The van der Waals surface area contributed by atoms with Gasteiger partial charge in [0.05, 0.1) is 0 Å². The fourth-order valence-electron chi connectivity index (χ4n) is 1.63. The van der Waals surface area contributed by atoms with Gasteiger partial charge >= 0.3 is 7.60 Å². The summed E-state index contributed by atoms with van der Waals surface area (Å²) in [7, 11) is -5.28. The first kappa shape index (κ1) is 16.8. The summed E-state index contributed by atoms with van der Waals surface area (Å²) < 4.78 is 30.1. The van der Waals surface area contributed by atoms with Gasteiger partial charge in [-0.05, 0) is 43.9 Å². The number of hydrogen-bond acceptors (Lipinski definition) is 4. The summed E-state index contributed by atoms with van der Waals surface area (Å²) in [5.74, 6) is 1.00. The summed E-state index contributed by atoms with van der Waals surface area (Å²) in [6.07, 6.45) is -0.0630. The second-order valence-electron chi connectivity index (χ2n) is 5.81. The van der Waals surface area contributed by atoms with Gasteiger partial charge in [-0.1, -0.05) is 36.4 Å². The van der Waals surface area contributed by atoms with E-state index in [9.17, 15) is 4.57 Å². The second-order valence-corrected chi connectivity index (χ2v) is 12.2. The predicted octanol–water partition coefficient (Wildman–Crippen LogP) is 5.15. The van der Waals surface area contributed by atoms with Gasteiger partial charge in [-0.25, -0.2) is 4.57 Å². The Morgan fingerprint density at radius 3 is 1.59 bits per heavy atom. The first-order valence-corrected chi connectivity index (χ1v) is 12.2. The molecule has 0 amide bonds. The fraction of sp³-hybridized carbons (Fsp3) is 0.250. The molecule has 0 aliphatic rings. The molecule has 0 unspecified atom stereocenters. The minimum Gasteiger partial charge on any atom is -0.415 e. The highest BCUT2D eigenvalue weighted by Gasteiger charge is 2.31. The zero-order valence-corrected chi connectivity index (χ0v) is 15.0. The summed E-state index contributed by atoms with van der Waals surface area (Å²) >= 11 is 0. The van der Waals surface area contributed by atoms with E-state index in [4.69, 9.17) is 13.5 Å². The van der Waals surface area contributed by atoms with Crippen molar-refractivity contribution >= 4 is 15.9 Å². The van der Waals surface area contributed by atoms with Gasteiger partial charge < -0.3 is 13.5 Å². The molecule has 0 aliphatic carbocycles. The molecule has 118 valence electrons. The van der Waals surface area contributed by atoms with Crippen LogP contribution < -0.4 is 9.05 Å². The lowest BCUT2D eigenvalue weighted by Crippen LogP contribution is -2.27. The number of hydrogen-bond donors (Lipinski definition) is 0. The van der Waals surface area contributed by atoms with Crippen LogP contribution in [0.2, 0.25) is 19.6 Å². The van der Waals surface area contributed by atoms with Gasteiger partial charge in [-0.3, -0.25) is 0 Å². The molecule has 0 heterocycles. The van der Waals surface area contributed by atoms with Gasteiger partial charge in [-0.2, -0.15) is 0 Å². The monoisotopic (exact) mass is 336 g/mol. The molecule has 0 aliphatic heterocycles. The maximum absolute atomic E-state index is 13.1. The van der Waals surface area contributed by atoms with Crippen molar-refractivity contribution in [2.75, 3.05) is 6.35 Å². The molecule has 0 saturated carbocycles. The zero-order valence-electron chi connectivity index (χ0n) is 13.1. The van der Waals surface area contributed by atoms with E-state index in [0.29, 0.717) is 11.5 Å². The maximum Gasteiger partial charge on any atom is 0.455 e. The van der Waals surface area contributed by atoms with Crippen LogP contribution in [0, 0.1) is 0 Å². The van der Waals surface area contributed by atoms with Crippen LogP contribution in [-0.2, 0) is 8.99 Å². The Kier molecular flexibility index (Phi) is 5.45. The van der Waals surface area contributed by atoms with E-state index in [-0.39, 0.29) is 6.35 Å². The Balaban J connectivity index is 2.17. The molecule has 0 radical (unpaired) electrons. The molecule has 22 heavy (non-hydrogen) atoms. The SMILES string of the molecule is C[Si](C)(C)OCP(=O)(Oc1ccccc1)Oc1ccccc1. The molecule has 2 aromatic rings. The lowest BCUT2D eigenvalue weighted by Gasteiger charge is -2.24. The van der Waals surface area contributed by atoms with Crippen LogP contribution in [-0.4, -0.2) is 14.7 Å². The highest BCUT2D eigenvalue weighted by Crippen LogP contribution is 2.48. The van der Waals surface area contributed by atoms with Crippen molar-refractivity contribution in [1.82, 2.24) is 0 Å². The van der Waals surface area contributed by atoms with E-state index in [2.05, 4.69) is 0 Å². The molecule has 0 bridgehead atoms. The third-order valence-electron chi connectivity index (χ3n) is 2.63. The standard InChI is InChI=1S/C16H21O4PSi/c1-22(2,3)18-14-21(17,19-15-10-6-4-7-11-15)20-16-12-8-5-9-13-16/h4-13H,14H2,1-3H3. The fourth-order valence-corrected chi connectivity index (χ4v) is 4.84. The van der Waals surface area contributed by atoms with E-state index in [0.717, 1.165) is 0 Å². The third kappa shape index (κ3) is 5.68. The molecule has 4 nitrogen and oxygen atoms in total. The molecule has 0 aromatic heterocycles. The Morgan fingerprint density at radius 2 is 1.23 bits per heavy atom. The summed E-state index contributed by atoms with van der Waals surface area (Å²) in [6.45, 7) is 6.09. The molecular weight excluding hydrogens is 315 g/mol. The lowest BCUT2D eigenvalue weighted by atomic mass is 10.3. The summed E-state index contributed by atoms with van der Waals surface area (Å²) in [5, 5.41) is 0. The van der Waals surface area contributed by atoms with E-state index in [1.54, 1.807) is 24.3 Å². The zero-order chi connectivity index (χ0) is 16.1. The first-order chi connectivity index (χ1) is 10.4. The molecule has 0 spiro atoms. The molecule has 0 atom stereocenters. The van der Waals surface area contributed by atoms with Gasteiger partial charge in [-0.15, -0.1) is 0 Å². The summed E-state index contributed by atoms with van der Waals surface area (Å²) in [4.78, 5) is 0. The highest BCUT2D eigenvalue weighted by atomic mass is 31.2. The molecule has 0 N–H and O–H groups in total. The minimum atomic E-state index is -3.45. The number of rotatable bonds is 7. The van der Waals surface area contributed by atoms with E-state index < -0.39 is 15.9 Å². The molecule has 0 fully saturated rings. The van der Waals surface area contributed by atoms with Crippen LogP contribution in [0.15, 0.2) is 60.7 Å². The predicted molar refractivity (Wildman–Crippen MR) is 91.0 cm³/mol. The van der Waals surface area contributed by atoms with Crippen molar-refractivity contribution in [3.63, 3.8) is 0 Å². The van der Waals surface area contributed by atoms with Crippen molar-refractivity contribution in [3.8, 4) is 11.5 Å². The van der Waals surface area contributed by atoms with Crippen LogP contribution in [0.1, 0.15) is 0 Å². The highest BCUT2D eigenvalue weighted by molar-refractivity contribution is 7.54. The van der Waals surface area contributed by atoms with Gasteiger partial charge in [0.15, 0.2) is 14.7 Å². The Morgan fingerprint density at radius 1 is 0.818 bits per heavy atom. The van der Waals surface area contributed by atoms with Crippen molar-refractivity contribution < 1.29 is 18.0 Å². The van der Waals surface area contributed by atoms with Crippen molar-refractivity contribution in [2.45, 2.75) is 19.6 Å². The Bertz CT molecular complexity index is 580. The van der Waals surface area contributed by atoms with Crippen LogP contribution in [0.3, 0.4) is 0 Å². The van der Waals surface area contributed by atoms with Crippen LogP contribution in [0.25, 0.3) is 0 Å². The van der Waals surface area contributed by atoms with Gasteiger partial charge in [0.25, 0.3) is 0 Å². The van der Waals surface area contributed by atoms with E-state index in [1.807, 2.05) is 56.0 Å². The molecule has 2 aromatic carbocycles. The van der Waals surface area contributed by atoms with Gasteiger partial charge in [0, 0.05) is 0 Å². The Hall–Kier alpha value is -1.55. The normalized spacial score (nSPS) is 12.0. The number of para-hydroxylation sites is 2. The average Bonchev–Trinajstić information content (AvgIpc) is 2.47. The second kappa shape index (κ2) is 7.14. The molecular formula is C16H21O4PSi. The van der Waals surface area contributed by atoms with Crippen molar-refractivity contribution in [2.24, 2.45) is 0 Å². The average molecular weight is 336 g/mol. The topological polar surface area (TPSA) is 44.8 Å². The van der Waals surface area contributed by atoms with Crippen LogP contribution in [0.4, 0.5) is 0 Å². The minimum absolute atomic E-state index is 0.0630. The number of benzene rings is 2. The molecule has 0 saturated heterocycles. The smallest absolute Gasteiger partial charge is 0.415 e. The third-order valence-corrected chi connectivity index (χ3v) is 5.31. The Labute approximate surface area is 132 Å². The summed E-state index contributed by atoms with van der Waals surface area (Å²) in [5.41, 5.74) is 0. The van der Waals surface area contributed by atoms with Gasteiger partial charge in [0.2, 0.25) is 0 Å². The van der Waals surface area contributed by atoms with Crippen LogP contribution >= 0.6 is 7.60 Å². The lowest BCUT2D eigenvalue weighted by molar-refractivity contribution is 0.306. The van der Waals surface area contributed by atoms with E-state index >= 15 is 0 Å². The largest absolute Gasteiger partial charge is 0.455 e.